The summed E-state index contributed by atoms with van der Waals surface area (Å²) in [6.07, 6.45) is 9.18. The molecule has 10 heteroatoms. The first-order valence-corrected chi connectivity index (χ1v) is 10.1. The molecule has 0 aromatic carbocycles. The Hall–Kier alpha value is -4.21. The fourth-order valence-electron chi connectivity index (χ4n) is 3.76. The van der Waals surface area contributed by atoms with E-state index in [-0.39, 0.29) is 0 Å². The van der Waals surface area contributed by atoms with Crippen molar-refractivity contribution in [2.24, 2.45) is 14.1 Å². The summed E-state index contributed by atoms with van der Waals surface area (Å²) >= 11 is 0. The summed E-state index contributed by atoms with van der Waals surface area (Å²) in [5.41, 5.74) is 4.69. The van der Waals surface area contributed by atoms with Gasteiger partial charge in [0.05, 0.1) is 19.0 Å². The van der Waals surface area contributed by atoms with Crippen molar-refractivity contribution in [1.29, 1.82) is 0 Å². The van der Waals surface area contributed by atoms with Crippen LogP contribution >= 0.6 is 0 Å². The molecule has 32 heavy (non-hydrogen) atoms. The Kier molecular flexibility index (Phi) is 4.62. The highest BCUT2D eigenvalue weighted by Crippen LogP contribution is 2.32. The largest absolute Gasteiger partial charge is 0.495 e. The lowest BCUT2D eigenvalue weighted by Gasteiger charge is -2.11. The minimum atomic E-state index is 0.500. The van der Waals surface area contributed by atoms with Gasteiger partial charge in [-0.1, -0.05) is 0 Å². The number of aromatic nitrogens is 8. The van der Waals surface area contributed by atoms with E-state index in [0.717, 1.165) is 33.7 Å². The number of nitrogens with zero attached hydrogens (tertiary/aromatic N) is 8. The number of rotatable bonds is 5. The van der Waals surface area contributed by atoms with Crippen LogP contribution in [0.2, 0.25) is 0 Å². The highest BCUT2D eigenvalue weighted by atomic mass is 16.5. The number of fused-ring (bicyclic) bond motifs is 1. The second-order valence-corrected chi connectivity index (χ2v) is 7.65. The van der Waals surface area contributed by atoms with Crippen molar-refractivity contribution in [3.05, 3.63) is 54.2 Å². The number of anilines is 2. The van der Waals surface area contributed by atoms with Gasteiger partial charge < -0.3 is 14.6 Å². The SMILES string of the molecule is COc1cnc(Nc2nc(-c3nccn3C)nn3cc(-c4ccn(C)n4)c(C)c23)cc1C. The molecular formula is C22H23N9O. The van der Waals surface area contributed by atoms with E-state index < -0.39 is 0 Å². The third kappa shape index (κ3) is 3.25. The molecule has 0 aliphatic carbocycles. The van der Waals surface area contributed by atoms with Gasteiger partial charge in [-0.3, -0.25) is 4.68 Å². The molecule has 0 amide bonds. The first kappa shape index (κ1) is 19.7. The summed E-state index contributed by atoms with van der Waals surface area (Å²) in [6.45, 7) is 4.02. The fraction of sp³-hybridized carbons (Fsp3) is 0.227. The first-order valence-electron chi connectivity index (χ1n) is 10.1. The normalized spacial score (nSPS) is 11.3. The van der Waals surface area contributed by atoms with E-state index in [1.165, 1.54) is 0 Å². The van der Waals surface area contributed by atoms with Crippen molar-refractivity contribution < 1.29 is 4.74 Å². The summed E-state index contributed by atoms with van der Waals surface area (Å²) in [6, 6.07) is 3.91. The lowest BCUT2D eigenvalue weighted by Crippen LogP contribution is -2.07. The molecule has 5 aromatic heterocycles. The quantitative estimate of drug-likeness (QED) is 0.457. The highest BCUT2D eigenvalue weighted by Gasteiger charge is 2.20. The zero-order valence-corrected chi connectivity index (χ0v) is 18.5. The number of nitrogens with one attached hydrogen (secondary N) is 1. The Balaban J connectivity index is 1.70. The Bertz CT molecular complexity index is 1440. The van der Waals surface area contributed by atoms with Crippen LogP contribution in [-0.2, 0) is 14.1 Å². The maximum Gasteiger partial charge on any atom is 0.218 e. The number of imidazole rings is 1. The predicted octanol–water partition coefficient (Wildman–Crippen LogP) is 3.29. The summed E-state index contributed by atoms with van der Waals surface area (Å²) < 4.78 is 10.8. The third-order valence-corrected chi connectivity index (χ3v) is 5.42. The molecule has 0 radical (unpaired) electrons. The summed E-state index contributed by atoms with van der Waals surface area (Å²) in [4.78, 5) is 13.7. The molecule has 0 aliphatic rings. The Labute approximate surface area is 184 Å². The molecular weight excluding hydrogens is 406 g/mol. The van der Waals surface area contributed by atoms with Crippen LogP contribution in [0.3, 0.4) is 0 Å². The van der Waals surface area contributed by atoms with Gasteiger partial charge in [-0.15, -0.1) is 5.10 Å². The monoisotopic (exact) mass is 429 g/mol. The fourth-order valence-corrected chi connectivity index (χ4v) is 3.76. The Morgan fingerprint density at radius 3 is 2.56 bits per heavy atom. The van der Waals surface area contributed by atoms with Gasteiger partial charge in [-0.25, -0.2) is 19.5 Å². The number of pyridine rings is 1. The molecule has 1 N–H and O–H groups in total. The second-order valence-electron chi connectivity index (χ2n) is 7.65. The predicted molar refractivity (Wildman–Crippen MR) is 121 cm³/mol. The van der Waals surface area contributed by atoms with E-state index >= 15 is 0 Å². The average Bonchev–Trinajstić information content (AvgIpc) is 3.47. The van der Waals surface area contributed by atoms with Crippen molar-refractivity contribution in [2.45, 2.75) is 13.8 Å². The van der Waals surface area contributed by atoms with Crippen LogP contribution < -0.4 is 10.1 Å². The van der Waals surface area contributed by atoms with Gasteiger partial charge in [0.2, 0.25) is 5.82 Å². The molecule has 0 spiro atoms. The van der Waals surface area contributed by atoms with Crippen molar-refractivity contribution in [1.82, 2.24) is 38.9 Å². The Morgan fingerprint density at radius 1 is 1.06 bits per heavy atom. The molecule has 0 atom stereocenters. The van der Waals surface area contributed by atoms with Gasteiger partial charge in [-0.2, -0.15) is 5.10 Å². The zero-order chi connectivity index (χ0) is 22.4. The summed E-state index contributed by atoms with van der Waals surface area (Å²) in [5.74, 6) is 3.19. The minimum Gasteiger partial charge on any atom is -0.495 e. The molecule has 5 rings (SSSR count). The number of methoxy groups -OCH3 is 1. The van der Waals surface area contributed by atoms with E-state index in [1.807, 2.05) is 67.7 Å². The molecule has 5 heterocycles. The molecule has 5 aromatic rings. The van der Waals surface area contributed by atoms with Crippen LogP contribution in [0.5, 0.6) is 5.75 Å². The lowest BCUT2D eigenvalue weighted by molar-refractivity contribution is 0.410. The van der Waals surface area contributed by atoms with Crippen molar-refractivity contribution in [3.8, 4) is 28.7 Å². The van der Waals surface area contributed by atoms with Crippen LogP contribution in [0.25, 0.3) is 28.4 Å². The summed E-state index contributed by atoms with van der Waals surface area (Å²) in [5, 5.41) is 12.7. The maximum atomic E-state index is 5.34. The van der Waals surface area contributed by atoms with Crippen LogP contribution in [0.1, 0.15) is 11.1 Å². The molecule has 0 bridgehead atoms. The third-order valence-electron chi connectivity index (χ3n) is 5.42. The molecule has 0 saturated carbocycles. The number of aryl methyl sites for hydroxylation is 4. The van der Waals surface area contributed by atoms with Gasteiger partial charge >= 0.3 is 0 Å². The zero-order valence-electron chi connectivity index (χ0n) is 18.5. The van der Waals surface area contributed by atoms with E-state index in [9.17, 15) is 0 Å². The van der Waals surface area contributed by atoms with Crippen LogP contribution in [0.4, 0.5) is 11.6 Å². The van der Waals surface area contributed by atoms with Crippen LogP contribution in [-0.4, -0.2) is 46.0 Å². The smallest absolute Gasteiger partial charge is 0.218 e. The standard InChI is InChI=1S/C22H23N9O/c1-13-10-18(24-11-17(13)32-5)25-20-19-14(2)15(16-6-8-30(4)27-16)12-31(19)28-21(26-20)22-23-7-9-29(22)3/h6-12H,1-5H3,(H,24,25,26,28). The van der Waals surface area contributed by atoms with Gasteiger partial charge in [0, 0.05) is 44.4 Å². The van der Waals surface area contributed by atoms with Crippen molar-refractivity contribution >= 4 is 17.2 Å². The van der Waals surface area contributed by atoms with E-state index in [4.69, 9.17) is 14.8 Å². The topological polar surface area (TPSA) is 100.0 Å². The minimum absolute atomic E-state index is 0.500. The van der Waals surface area contributed by atoms with E-state index in [0.29, 0.717) is 23.3 Å². The number of ether oxygens (including phenoxy) is 1. The molecule has 0 fully saturated rings. The van der Waals surface area contributed by atoms with Crippen molar-refractivity contribution in [2.75, 3.05) is 12.4 Å². The average molecular weight is 429 g/mol. The van der Waals surface area contributed by atoms with Crippen molar-refractivity contribution in [3.63, 3.8) is 0 Å². The molecule has 0 unspecified atom stereocenters. The number of hydrogen-bond acceptors (Lipinski definition) is 7. The maximum absolute atomic E-state index is 5.34. The van der Waals surface area contributed by atoms with Gasteiger partial charge in [0.1, 0.15) is 17.1 Å². The van der Waals surface area contributed by atoms with E-state index in [2.05, 4.69) is 20.4 Å². The summed E-state index contributed by atoms with van der Waals surface area (Å²) in [7, 11) is 5.45. The van der Waals surface area contributed by atoms with Crippen LogP contribution in [0.15, 0.2) is 43.1 Å². The first-order chi connectivity index (χ1) is 15.4. The van der Waals surface area contributed by atoms with Gasteiger partial charge in [0.15, 0.2) is 11.6 Å². The second kappa shape index (κ2) is 7.49. The van der Waals surface area contributed by atoms with Gasteiger partial charge in [0.25, 0.3) is 0 Å². The Morgan fingerprint density at radius 2 is 1.91 bits per heavy atom. The van der Waals surface area contributed by atoms with Crippen LogP contribution in [0, 0.1) is 13.8 Å². The number of hydrogen-bond donors (Lipinski definition) is 1. The highest BCUT2D eigenvalue weighted by molar-refractivity contribution is 5.84. The molecule has 0 aliphatic heterocycles. The van der Waals surface area contributed by atoms with E-state index in [1.54, 1.807) is 24.2 Å². The lowest BCUT2D eigenvalue weighted by atomic mass is 10.1. The molecule has 162 valence electrons. The molecule has 0 saturated heterocycles. The van der Waals surface area contributed by atoms with Gasteiger partial charge in [-0.05, 0) is 37.1 Å². The molecule has 10 nitrogen and oxygen atoms in total.